The molecule has 1 fully saturated rings. The third kappa shape index (κ3) is 3.90. The van der Waals surface area contributed by atoms with E-state index in [9.17, 15) is 13.2 Å². The first kappa shape index (κ1) is 16.1. The molecule has 0 radical (unpaired) electrons. The zero-order valence-electron chi connectivity index (χ0n) is 11.8. The molecule has 2 atom stereocenters. The van der Waals surface area contributed by atoms with Gasteiger partial charge in [0.2, 0.25) is 10.0 Å². The lowest BCUT2D eigenvalue weighted by Crippen LogP contribution is -2.43. The molecule has 0 unspecified atom stereocenters. The highest BCUT2D eigenvalue weighted by molar-refractivity contribution is 7.89. The number of rotatable bonds is 5. The number of carbonyl (C=O) groups excluding carboxylic acids is 1. The monoisotopic (exact) mass is 334 g/mol. The van der Waals surface area contributed by atoms with Gasteiger partial charge in [-0.1, -0.05) is 0 Å². The lowest BCUT2D eigenvalue weighted by molar-refractivity contribution is 0.0921. The van der Waals surface area contributed by atoms with E-state index in [1.54, 1.807) is 5.38 Å². The molecule has 3 N–H and O–H groups in total. The van der Waals surface area contributed by atoms with Gasteiger partial charge >= 0.3 is 0 Å². The molecule has 0 aliphatic carbocycles. The summed E-state index contributed by atoms with van der Waals surface area (Å²) in [5, 5.41) is 4.64. The Kier molecular flexibility index (Phi) is 4.81. The van der Waals surface area contributed by atoms with E-state index in [1.807, 2.05) is 0 Å². The van der Waals surface area contributed by atoms with Gasteiger partial charge in [0.25, 0.3) is 5.91 Å². The molecule has 118 valence electrons. The molecule has 1 aromatic rings. The number of sulfonamides is 1. The van der Waals surface area contributed by atoms with Crippen LogP contribution in [0.2, 0.25) is 0 Å². The van der Waals surface area contributed by atoms with Crippen molar-refractivity contribution >= 4 is 32.4 Å². The Balaban J connectivity index is 2.01. The van der Waals surface area contributed by atoms with Crippen molar-refractivity contribution in [3.8, 4) is 0 Å². The van der Waals surface area contributed by atoms with Gasteiger partial charge in [-0.2, -0.15) is 0 Å². The van der Waals surface area contributed by atoms with E-state index < -0.39 is 10.0 Å². The highest BCUT2D eigenvalue weighted by atomic mass is 32.2. The number of aromatic nitrogens is 1. The van der Waals surface area contributed by atoms with Crippen LogP contribution in [0.25, 0.3) is 0 Å². The van der Waals surface area contributed by atoms with Gasteiger partial charge in [0, 0.05) is 25.4 Å². The molecule has 10 heteroatoms. The average molecular weight is 334 g/mol. The fourth-order valence-corrected chi connectivity index (χ4v) is 3.69. The maximum atomic E-state index is 12.0. The highest BCUT2D eigenvalue weighted by Gasteiger charge is 2.34. The van der Waals surface area contributed by atoms with Gasteiger partial charge in [-0.05, 0) is 0 Å². The van der Waals surface area contributed by atoms with Crippen molar-refractivity contribution in [2.45, 2.75) is 6.04 Å². The van der Waals surface area contributed by atoms with E-state index in [0.29, 0.717) is 18.3 Å². The average Bonchev–Trinajstić information content (AvgIpc) is 2.99. The lowest BCUT2D eigenvalue weighted by atomic mass is 10.1. The SMILES string of the molecule is CN(C)S(=O)(=O)C[C@@H]1COC[C@H]1NC(=O)c1csc(N)n1. The summed E-state index contributed by atoms with van der Waals surface area (Å²) in [7, 11) is -0.377. The summed E-state index contributed by atoms with van der Waals surface area (Å²) in [5.74, 6) is -0.715. The molecule has 2 rings (SSSR count). The number of carbonyl (C=O) groups is 1. The number of nitrogens with one attached hydrogen (secondary N) is 1. The Morgan fingerprint density at radius 2 is 2.29 bits per heavy atom. The van der Waals surface area contributed by atoms with E-state index in [2.05, 4.69) is 10.3 Å². The molecule has 8 nitrogen and oxygen atoms in total. The zero-order valence-corrected chi connectivity index (χ0v) is 13.4. The second kappa shape index (κ2) is 6.26. The molecule has 1 aliphatic heterocycles. The summed E-state index contributed by atoms with van der Waals surface area (Å²) in [6, 6.07) is -0.352. The van der Waals surface area contributed by atoms with Crippen molar-refractivity contribution in [2.75, 3.05) is 38.8 Å². The third-order valence-electron chi connectivity index (χ3n) is 3.25. The first-order chi connectivity index (χ1) is 9.79. The van der Waals surface area contributed by atoms with E-state index in [4.69, 9.17) is 10.5 Å². The summed E-state index contributed by atoms with van der Waals surface area (Å²) in [6.07, 6.45) is 0. The highest BCUT2D eigenvalue weighted by Crippen LogP contribution is 2.18. The number of nitrogens with two attached hydrogens (primary N) is 1. The largest absolute Gasteiger partial charge is 0.379 e. The number of hydrogen-bond acceptors (Lipinski definition) is 7. The third-order valence-corrected chi connectivity index (χ3v) is 5.89. The molecule has 0 saturated carbocycles. The smallest absolute Gasteiger partial charge is 0.271 e. The van der Waals surface area contributed by atoms with E-state index in [0.717, 1.165) is 0 Å². The van der Waals surface area contributed by atoms with Gasteiger partial charge in [-0.25, -0.2) is 17.7 Å². The number of nitrogens with zero attached hydrogens (tertiary/aromatic N) is 2. The summed E-state index contributed by atoms with van der Waals surface area (Å²) in [4.78, 5) is 15.9. The van der Waals surface area contributed by atoms with Crippen molar-refractivity contribution in [1.82, 2.24) is 14.6 Å². The summed E-state index contributed by atoms with van der Waals surface area (Å²) < 4.78 is 30.3. The van der Waals surface area contributed by atoms with Crippen LogP contribution in [-0.4, -0.2) is 62.7 Å². The second-order valence-corrected chi connectivity index (χ2v) is 8.13. The number of anilines is 1. The van der Waals surface area contributed by atoms with Gasteiger partial charge < -0.3 is 15.8 Å². The van der Waals surface area contributed by atoms with Gasteiger partial charge in [0.1, 0.15) is 5.69 Å². The molecule has 0 aromatic carbocycles. The first-order valence-corrected chi connectivity index (χ1v) is 8.78. The van der Waals surface area contributed by atoms with Crippen LogP contribution in [0.3, 0.4) is 0 Å². The van der Waals surface area contributed by atoms with Crippen LogP contribution in [0, 0.1) is 5.92 Å². The Morgan fingerprint density at radius 1 is 1.57 bits per heavy atom. The Morgan fingerprint density at radius 3 is 2.86 bits per heavy atom. The van der Waals surface area contributed by atoms with Crippen molar-refractivity contribution in [2.24, 2.45) is 5.92 Å². The fourth-order valence-electron chi connectivity index (χ4n) is 1.98. The minimum Gasteiger partial charge on any atom is -0.379 e. The summed E-state index contributed by atoms with van der Waals surface area (Å²) >= 11 is 1.18. The minimum atomic E-state index is -3.34. The molecule has 21 heavy (non-hydrogen) atoms. The maximum absolute atomic E-state index is 12.0. The zero-order chi connectivity index (χ0) is 15.6. The van der Waals surface area contributed by atoms with Crippen LogP contribution in [0.4, 0.5) is 5.13 Å². The van der Waals surface area contributed by atoms with Crippen molar-refractivity contribution in [3.05, 3.63) is 11.1 Å². The van der Waals surface area contributed by atoms with E-state index in [-0.39, 0.29) is 29.3 Å². The van der Waals surface area contributed by atoms with Gasteiger partial charge in [0.05, 0.1) is 25.0 Å². The molecule has 1 aliphatic rings. The number of ether oxygens (including phenoxy) is 1. The molecular weight excluding hydrogens is 316 g/mol. The maximum Gasteiger partial charge on any atom is 0.271 e. The first-order valence-electron chi connectivity index (χ1n) is 6.29. The van der Waals surface area contributed by atoms with Crippen LogP contribution < -0.4 is 11.1 Å². The lowest BCUT2D eigenvalue weighted by Gasteiger charge is -2.20. The number of thiazole rings is 1. The number of hydrogen-bond donors (Lipinski definition) is 2. The quantitative estimate of drug-likeness (QED) is 0.740. The number of nitrogen functional groups attached to an aromatic ring is 1. The molecule has 0 spiro atoms. The van der Waals surface area contributed by atoms with Crippen molar-refractivity contribution in [3.63, 3.8) is 0 Å². The molecular formula is C11H18N4O4S2. The molecule has 1 aromatic heterocycles. The normalized spacial score (nSPS) is 22.6. The Hall–Kier alpha value is -1.23. The molecule has 0 bridgehead atoms. The fraction of sp³-hybridized carbons (Fsp3) is 0.636. The standard InChI is InChI=1S/C11H18N4O4S2/c1-15(2)21(17,18)6-7-3-19-4-8(7)13-10(16)9-5-20-11(12)14-9/h5,7-8H,3-4,6H2,1-2H3,(H2,12,14)(H,13,16)/t7-,8+/m0/s1. The molecule has 2 heterocycles. The van der Waals surface area contributed by atoms with Crippen LogP contribution in [0.15, 0.2) is 5.38 Å². The predicted molar refractivity (Wildman–Crippen MR) is 79.6 cm³/mol. The van der Waals surface area contributed by atoms with E-state index in [1.165, 1.54) is 29.7 Å². The van der Waals surface area contributed by atoms with Gasteiger partial charge in [-0.3, -0.25) is 4.79 Å². The Bertz CT molecular complexity index is 613. The van der Waals surface area contributed by atoms with Crippen LogP contribution >= 0.6 is 11.3 Å². The summed E-state index contributed by atoms with van der Waals surface area (Å²) in [6.45, 7) is 0.593. The van der Waals surface area contributed by atoms with Crippen LogP contribution in [0.1, 0.15) is 10.5 Å². The second-order valence-electron chi connectivity index (χ2n) is 5.01. The summed E-state index contributed by atoms with van der Waals surface area (Å²) in [5.41, 5.74) is 5.72. The predicted octanol–water partition coefficient (Wildman–Crippen LogP) is -0.638. The van der Waals surface area contributed by atoms with Crippen LogP contribution in [0.5, 0.6) is 0 Å². The van der Waals surface area contributed by atoms with Crippen LogP contribution in [-0.2, 0) is 14.8 Å². The minimum absolute atomic E-state index is 0.0653. The number of amides is 1. The molecule has 1 amide bonds. The van der Waals surface area contributed by atoms with Gasteiger partial charge in [0.15, 0.2) is 5.13 Å². The van der Waals surface area contributed by atoms with Crippen molar-refractivity contribution in [1.29, 1.82) is 0 Å². The van der Waals surface area contributed by atoms with Gasteiger partial charge in [-0.15, -0.1) is 11.3 Å². The van der Waals surface area contributed by atoms with E-state index >= 15 is 0 Å². The topological polar surface area (TPSA) is 115 Å². The molecule has 1 saturated heterocycles. The van der Waals surface area contributed by atoms with Crippen molar-refractivity contribution < 1.29 is 17.9 Å². The Labute approximate surface area is 127 Å².